The second-order valence-electron chi connectivity index (χ2n) is 5.03. The van der Waals surface area contributed by atoms with Crippen molar-refractivity contribution in [2.24, 2.45) is 11.7 Å². The number of halogens is 2. The van der Waals surface area contributed by atoms with E-state index in [2.05, 4.69) is 0 Å². The summed E-state index contributed by atoms with van der Waals surface area (Å²) in [4.78, 5) is 2.02. The Kier molecular flexibility index (Phi) is 3.74. The first-order chi connectivity index (χ1) is 8.04. The molecule has 2 rings (SSSR count). The zero-order valence-electron chi connectivity index (χ0n) is 10.00. The Hall–Kier alpha value is -1.00. The predicted molar refractivity (Wildman–Crippen MR) is 63.4 cm³/mol. The first-order valence-corrected chi connectivity index (χ1v) is 5.92. The fraction of sp³-hybridized carbons (Fsp3) is 0.538. The molecule has 94 valence electrons. The van der Waals surface area contributed by atoms with E-state index in [-0.39, 0.29) is 11.6 Å². The normalized spacial score (nSPS) is 23.8. The van der Waals surface area contributed by atoms with Crippen LogP contribution in [0.25, 0.3) is 0 Å². The van der Waals surface area contributed by atoms with Crippen molar-refractivity contribution in [3.63, 3.8) is 0 Å². The zero-order valence-corrected chi connectivity index (χ0v) is 10.00. The molecule has 0 aromatic heterocycles. The minimum Gasteiger partial charge on any atom is -0.328 e. The van der Waals surface area contributed by atoms with E-state index < -0.39 is 0 Å². The molecular weight excluding hydrogens is 222 g/mol. The molecule has 0 saturated heterocycles. The number of hydrogen-bond donors (Lipinski definition) is 1. The first-order valence-electron chi connectivity index (χ1n) is 5.92. The zero-order chi connectivity index (χ0) is 12.4. The highest BCUT2D eigenvalue weighted by Crippen LogP contribution is 2.26. The predicted octanol–water partition coefficient (Wildman–Crippen LogP) is 2.13. The van der Waals surface area contributed by atoms with Gasteiger partial charge in [-0.25, -0.2) is 8.78 Å². The summed E-state index contributed by atoms with van der Waals surface area (Å²) in [5, 5.41) is 0. The number of nitrogens with zero attached hydrogens (tertiary/aromatic N) is 1. The lowest BCUT2D eigenvalue weighted by Crippen LogP contribution is -2.41. The van der Waals surface area contributed by atoms with Gasteiger partial charge in [0.25, 0.3) is 0 Å². The quantitative estimate of drug-likeness (QED) is 0.873. The minimum absolute atomic E-state index is 0.333. The van der Waals surface area contributed by atoms with Crippen LogP contribution in [0.15, 0.2) is 18.2 Å². The summed E-state index contributed by atoms with van der Waals surface area (Å²) in [5.41, 5.74) is 6.13. The molecule has 0 heterocycles. The lowest BCUT2D eigenvalue weighted by Gasteiger charge is -2.35. The van der Waals surface area contributed by atoms with Crippen LogP contribution in [0.1, 0.15) is 18.4 Å². The van der Waals surface area contributed by atoms with Gasteiger partial charge in [-0.2, -0.15) is 0 Å². The minimum atomic E-state index is -0.388. The number of nitrogens with two attached hydrogens (primary N) is 1. The Bertz CT molecular complexity index is 389. The maximum Gasteiger partial charge on any atom is 0.127 e. The molecule has 0 aliphatic heterocycles. The van der Waals surface area contributed by atoms with Gasteiger partial charge in [-0.15, -0.1) is 0 Å². The number of rotatable bonds is 4. The average molecular weight is 240 g/mol. The molecule has 1 aromatic carbocycles. The average Bonchev–Trinajstić information content (AvgIpc) is 2.21. The van der Waals surface area contributed by atoms with Crippen molar-refractivity contribution in [3.05, 3.63) is 35.4 Å². The molecule has 2 N–H and O–H groups in total. The van der Waals surface area contributed by atoms with Crippen molar-refractivity contribution < 1.29 is 8.78 Å². The highest BCUT2D eigenvalue weighted by Gasteiger charge is 2.26. The van der Waals surface area contributed by atoms with Crippen LogP contribution in [0.4, 0.5) is 8.78 Å². The van der Waals surface area contributed by atoms with Gasteiger partial charge in [0.1, 0.15) is 11.6 Å². The summed E-state index contributed by atoms with van der Waals surface area (Å²) in [6.07, 6.45) is 2.08. The van der Waals surface area contributed by atoms with Crippen LogP contribution in [0, 0.1) is 17.6 Å². The Labute approximate surface area is 100 Å². The first kappa shape index (κ1) is 12.5. The van der Waals surface area contributed by atoms with Gasteiger partial charge >= 0.3 is 0 Å². The van der Waals surface area contributed by atoms with Gasteiger partial charge in [0.15, 0.2) is 0 Å². The molecule has 1 saturated carbocycles. The molecular formula is C13H18F2N2. The molecule has 0 spiro atoms. The summed E-state index contributed by atoms with van der Waals surface area (Å²) >= 11 is 0. The molecule has 2 nitrogen and oxygen atoms in total. The lowest BCUT2D eigenvalue weighted by molar-refractivity contribution is 0.177. The third kappa shape index (κ3) is 3.23. The molecule has 17 heavy (non-hydrogen) atoms. The molecule has 0 amide bonds. The lowest BCUT2D eigenvalue weighted by atomic mass is 9.80. The summed E-state index contributed by atoms with van der Waals surface area (Å²) in [7, 11) is 1.92. The monoisotopic (exact) mass is 240 g/mol. The van der Waals surface area contributed by atoms with Crippen LogP contribution in [-0.4, -0.2) is 24.5 Å². The third-order valence-corrected chi connectivity index (χ3v) is 3.29. The van der Waals surface area contributed by atoms with E-state index in [1.54, 1.807) is 0 Å². The molecule has 0 unspecified atom stereocenters. The Morgan fingerprint density at radius 3 is 2.71 bits per heavy atom. The molecule has 4 heteroatoms. The highest BCUT2D eigenvalue weighted by molar-refractivity contribution is 5.18. The topological polar surface area (TPSA) is 29.3 Å². The van der Waals surface area contributed by atoms with E-state index in [1.165, 1.54) is 12.1 Å². The largest absolute Gasteiger partial charge is 0.328 e. The molecule has 0 bridgehead atoms. The smallest absolute Gasteiger partial charge is 0.127 e. The molecule has 0 radical (unpaired) electrons. The van der Waals surface area contributed by atoms with Crippen LogP contribution in [0.5, 0.6) is 0 Å². The fourth-order valence-electron chi connectivity index (χ4n) is 2.40. The number of benzene rings is 1. The van der Waals surface area contributed by atoms with Crippen LogP contribution >= 0.6 is 0 Å². The van der Waals surface area contributed by atoms with Gasteiger partial charge in [0.05, 0.1) is 0 Å². The maximum absolute atomic E-state index is 13.4. The van der Waals surface area contributed by atoms with Gasteiger partial charge < -0.3 is 10.6 Å². The molecule has 1 aliphatic carbocycles. The van der Waals surface area contributed by atoms with E-state index in [0.717, 1.165) is 25.5 Å². The van der Waals surface area contributed by atoms with Crippen LogP contribution < -0.4 is 5.73 Å². The third-order valence-electron chi connectivity index (χ3n) is 3.29. The second kappa shape index (κ2) is 5.10. The Balaban J connectivity index is 1.89. The van der Waals surface area contributed by atoms with Crippen molar-refractivity contribution in [1.29, 1.82) is 0 Å². The Morgan fingerprint density at radius 1 is 1.35 bits per heavy atom. The standard InChI is InChI=1S/C13H18F2N2/c1-17(7-9-4-12(16)5-9)8-10-6-11(14)2-3-13(10)15/h2-3,6,9,12H,4-5,7-8,16H2,1H3. The van der Waals surface area contributed by atoms with Gasteiger partial charge in [-0.3, -0.25) is 0 Å². The van der Waals surface area contributed by atoms with E-state index in [0.29, 0.717) is 24.1 Å². The highest BCUT2D eigenvalue weighted by atomic mass is 19.1. The molecule has 1 aromatic rings. The van der Waals surface area contributed by atoms with Crippen molar-refractivity contribution >= 4 is 0 Å². The van der Waals surface area contributed by atoms with E-state index in [4.69, 9.17) is 5.73 Å². The maximum atomic E-state index is 13.4. The fourth-order valence-corrected chi connectivity index (χ4v) is 2.40. The summed E-state index contributed by atoms with van der Waals surface area (Å²) in [5.74, 6) is -0.129. The van der Waals surface area contributed by atoms with Crippen molar-refractivity contribution in [3.8, 4) is 0 Å². The van der Waals surface area contributed by atoms with Gasteiger partial charge in [0.2, 0.25) is 0 Å². The summed E-state index contributed by atoms with van der Waals surface area (Å²) < 4.78 is 26.4. The van der Waals surface area contributed by atoms with E-state index in [9.17, 15) is 8.78 Å². The second-order valence-corrected chi connectivity index (χ2v) is 5.03. The van der Waals surface area contributed by atoms with E-state index >= 15 is 0 Å². The van der Waals surface area contributed by atoms with Gasteiger partial charge in [-0.05, 0) is 44.0 Å². The van der Waals surface area contributed by atoms with Crippen LogP contribution in [-0.2, 0) is 6.54 Å². The van der Waals surface area contributed by atoms with Gasteiger partial charge in [0, 0.05) is 24.7 Å². The van der Waals surface area contributed by atoms with Crippen molar-refractivity contribution in [1.82, 2.24) is 4.90 Å². The molecule has 1 aliphatic rings. The van der Waals surface area contributed by atoms with Gasteiger partial charge in [-0.1, -0.05) is 0 Å². The van der Waals surface area contributed by atoms with Crippen LogP contribution in [0.2, 0.25) is 0 Å². The summed E-state index contributed by atoms with van der Waals surface area (Å²) in [6, 6.07) is 3.92. The SMILES string of the molecule is CN(Cc1cc(F)ccc1F)CC1CC(N)C1. The Morgan fingerprint density at radius 2 is 2.06 bits per heavy atom. The summed E-state index contributed by atoms with van der Waals surface area (Å²) in [6.45, 7) is 1.33. The molecule has 1 fully saturated rings. The van der Waals surface area contributed by atoms with Crippen LogP contribution in [0.3, 0.4) is 0 Å². The molecule has 0 atom stereocenters. The van der Waals surface area contributed by atoms with Crippen molar-refractivity contribution in [2.45, 2.75) is 25.4 Å². The van der Waals surface area contributed by atoms with Crippen molar-refractivity contribution in [2.75, 3.05) is 13.6 Å². The number of hydrogen-bond acceptors (Lipinski definition) is 2. The van der Waals surface area contributed by atoms with E-state index in [1.807, 2.05) is 11.9 Å².